The van der Waals surface area contributed by atoms with Crippen LogP contribution >= 0.6 is 0 Å². The van der Waals surface area contributed by atoms with Crippen molar-refractivity contribution in [3.05, 3.63) is 0 Å². The molecule has 6 nitrogen and oxygen atoms in total. The van der Waals surface area contributed by atoms with Crippen molar-refractivity contribution in [3.8, 4) is 0 Å². The molecule has 0 aromatic carbocycles. The molecule has 112 valence electrons. The third-order valence-corrected chi connectivity index (χ3v) is 1.84. The molecule has 0 saturated carbocycles. The molecular formula is C13H26N2O4. The Morgan fingerprint density at radius 2 is 1.53 bits per heavy atom. The molecule has 0 aliphatic heterocycles. The molecule has 6 heteroatoms. The molecule has 19 heavy (non-hydrogen) atoms. The van der Waals surface area contributed by atoms with Gasteiger partial charge in [0, 0.05) is 6.54 Å². The largest absolute Gasteiger partial charge is 0.460 e. The lowest BCUT2D eigenvalue weighted by Crippen LogP contribution is -2.44. The molecule has 0 aromatic rings. The van der Waals surface area contributed by atoms with Crippen LogP contribution in [-0.4, -0.2) is 35.9 Å². The van der Waals surface area contributed by atoms with E-state index in [0.29, 0.717) is 0 Å². The van der Waals surface area contributed by atoms with Crippen molar-refractivity contribution < 1.29 is 19.1 Å². The molecule has 0 rings (SSSR count). The van der Waals surface area contributed by atoms with Gasteiger partial charge in [0.1, 0.15) is 11.2 Å². The number of rotatable bonds is 4. The zero-order chi connectivity index (χ0) is 15.3. The predicted molar refractivity (Wildman–Crippen MR) is 72.7 cm³/mol. The Kier molecular flexibility index (Phi) is 6.29. The molecule has 3 N–H and O–H groups in total. The first-order valence-electron chi connectivity index (χ1n) is 6.34. The number of amides is 1. The Morgan fingerprint density at radius 3 is 1.89 bits per heavy atom. The second-order valence-electron chi connectivity index (χ2n) is 6.37. The molecule has 0 aliphatic rings. The minimum absolute atomic E-state index is 0.0208. The number of nitrogens with two attached hydrogens (primary N) is 1. The summed E-state index contributed by atoms with van der Waals surface area (Å²) in [4.78, 5) is 23.2. The Hall–Kier alpha value is -1.30. The van der Waals surface area contributed by atoms with Crippen LogP contribution in [0.4, 0.5) is 4.79 Å². The predicted octanol–water partition coefficient (Wildman–Crippen LogP) is 1.57. The lowest BCUT2D eigenvalue weighted by atomic mass is 10.1. The SMILES string of the molecule is CC(C)(C)OC(=O)C[C@@H](CN)NC(=O)OC(C)(C)C. The highest BCUT2D eigenvalue weighted by molar-refractivity contribution is 5.73. The van der Waals surface area contributed by atoms with Crippen LogP contribution in [0.15, 0.2) is 0 Å². The number of nitrogens with one attached hydrogen (secondary N) is 1. The molecule has 0 aromatic heterocycles. The molecule has 1 atom stereocenters. The van der Waals surface area contributed by atoms with Gasteiger partial charge in [-0.15, -0.1) is 0 Å². The van der Waals surface area contributed by atoms with Crippen molar-refractivity contribution in [2.24, 2.45) is 5.73 Å². The summed E-state index contributed by atoms with van der Waals surface area (Å²) in [5.74, 6) is -0.404. The van der Waals surface area contributed by atoms with Gasteiger partial charge in [-0.1, -0.05) is 0 Å². The number of carbonyl (C=O) groups is 2. The van der Waals surface area contributed by atoms with Crippen molar-refractivity contribution in [2.45, 2.75) is 65.2 Å². The number of alkyl carbamates (subject to hydrolysis) is 1. The van der Waals surface area contributed by atoms with E-state index in [1.165, 1.54) is 0 Å². The minimum Gasteiger partial charge on any atom is -0.460 e. The average Bonchev–Trinajstić information content (AvgIpc) is 2.10. The van der Waals surface area contributed by atoms with Crippen LogP contribution in [0, 0.1) is 0 Å². The number of hydrogen-bond donors (Lipinski definition) is 2. The number of hydrogen-bond acceptors (Lipinski definition) is 5. The van der Waals surface area contributed by atoms with Crippen molar-refractivity contribution >= 4 is 12.1 Å². The van der Waals surface area contributed by atoms with Crippen LogP contribution in [0.25, 0.3) is 0 Å². The van der Waals surface area contributed by atoms with E-state index in [0.717, 1.165) is 0 Å². The highest BCUT2D eigenvalue weighted by atomic mass is 16.6. The summed E-state index contributed by atoms with van der Waals surface area (Å²) in [5, 5.41) is 2.55. The van der Waals surface area contributed by atoms with E-state index in [2.05, 4.69) is 5.32 Å². The highest BCUT2D eigenvalue weighted by Crippen LogP contribution is 2.10. The maximum Gasteiger partial charge on any atom is 0.407 e. The van der Waals surface area contributed by atoms with Crippen LogP contribution in [0.1, 0.15) is 48.0 Å². The van der Waals surface area contributed by atoms with Crippen molar-refractivity contribution in [1.82, 2.24) is 5.32 Å². The first-order valence-corrected chi connectivity index (χ1v) is 6.34. The minimum atomic E-state index is -0.591. The summed E-state index contributed by atoms with van der Waals surface area (Å²) in [5.41, 5.74) is 4.38. The first kappa shape index (κ1) is 17.7. The van der Waals surface area contributed by atoms with Gasteiger partial charge in [0.25, 0.3) is 0 Å². The zero-order valence-corrected chi connectivity index (χ0v) is 12.7. The molecule has 1 amide bonds. The summed E-state index contributed by atoms with van der Waals surface area (Å²) in [6.07, 6.45) is -0.570. The van der Waals surface area contributed by atoms with Crippen molar-refractivity contribution in [2.75, 3.05) is 6.54 Å². The van der Waals surface area contributed by atoms with Crippen LogP contribution in [0.2, 0.25) is 0 Å². The summed E-state index contributed by atoms with van der Waals surface area (Å²) < 4.78 is 10.3. The van der Waals surface area contributed by atoms with E-state index < -0.39 is 29.3 Å². The van der Waals surface area contributed by atoms with E-state index >= 15 is 0 Å². The topological polar surface area (TPSA) is 90.6 Å². The molecule has 0 radical (unpaired) electrons. The number of ether oxygens (including phenoxy) is 2. The van der Waals surface area contributed by atoms with Gasteiger partial charge in [0.2, 0.25) is 0 Å². The number of carbonyl (C=O) groups excluding carboxylic acids is 2. The summed E-state index contributed by atoms with van der Waals surface area (Å²) >= 11 is 0. The first-order chi connectivity index (χ1) is 8.43. The normalized spacial score (nSPS) is 13.6. The maximum absolute atomic E-state index is 11.6. The highest BCUT2D eigenvalue weighted by Gasteiger charge is 2.23. The Morgan fingerprint density at radius 1 is 1.05 bits per heavy atom. The second kappa shape index (κ2) is 6.75. The standard InChI is InChI=1S/C13H26N2O4/c1-12(2,3)18-10(16)7-9(8-14)15-11(17)19-13(4,5)6/h9H,7-8,14H2,1-6H3,(H,15,17)/t9-/m0/s1. The molecule has 0 unspecified atom stereocenters. The monoisotopic (exact) mass is 274 g/mol. The Bertz CT molecular complexity index is 286. The second-order valence-corrected chi connectivity index (χ2v) is 6.37. The van der Waals surface area contributed by atoms with Crippen molar-refractivity contribution in [1.29, 1.82) is 0 Å². The van der Waals surface area contributed by atoms with E-state index in [1.54, 1.807) is 41.5 Å². The van der Waals surface area contributed by atoms with Gasteiger partial charge in [-0.3, -0.25) is 4.79 Å². The van der Waals surface area contributed by atoms with E-state index in [1.807, 2.05) is 0 Å². The third-order valence-electron chi connectivity index (χ3n) is 1.84. The zero-order valence-electron chi connectivity index (χ0n) is 12.7. The Labute approximate surface area is 115 Å². The van der Waals surface area contributed by atoms with Crippen LogP contribution in [0.5, 0.6) is 0 Å². The van der Waals surface area contributed by atoms with Gasteiger partial charge in [-0.25, -0.2) is 4.79 Å². The fourth-order valence-electron chi connectivity index (χ4n) is 1.25. The van der Waals surface area contributed by atoms with Gasteiger partial charge >= 0.3 is 12.1 Å². The molecule has 0 spiro atoms. The molecular weight excluding hydrogens is 248 g/mol. The number of esters is 1. The van der Waals surface area contributed by atoms with E-state index in [9.17, 15) is 9.59 Å². The lowest BCUT2D eigenvalue weighted by Gasteiger charge is -2.24. The summed E-state index contributed by atoms with van der Waals surface area (Å²) in [6, 6.07) is -0.496. The average molecular weight is 274 g/mol. The van der Waals surface area contributed by atoms with Gasteiger partial charge in [-0.05, 0) is 41.5 Å². The third kappa shape index (κ3) is 10.3. The quantitative estimate of drug-likeness (QED) is 0.759. The van der Waals surface area contributed by atoms with Crippen molar-refractivity contribution in [3.63, 3.8) is 0 Å². The molecule has 0 heterocycles. The molecule has 0 bridgehead atoms. The van der Waals surface area contributed by atoms with Crippen LogP contribution in [0.3, 0.4) is 0 Å². The fourth-order valence-corrected chi connectivity index (χ4v) is 1.25. The maximum atomic E-state index is 11.6. The van der Waals surface area contributed by atoms with Gasteiger partial charge in [-0.2, -0.15) is 0 Å². The molecule has 0 saturated heterocycles. The van der Waals surface area contributed by atoms with Gasteiger partial charge < -0.3 is 20.5 Å². The molecule has 0 aliphatic carbocycles. The smallest absolute Gasteiger partial charge is 0.407 e. The lowest BCUT2D eigenvalue weighted by molar-refractivity contribution is -0.155. The van der Waals surface area contributed by atoms with Gasteiger partial charge in [0.15, 0.2) is 0 Å². The van der Waals surface area contributed by atoms with Crippen LogP contribution < -0.4 is 11.1 Å². The fraction of sp³-hybridized carbons (Fsp3) is 0.846. The van der Waals surface area contributed by atoms with E-state index in [4.69, 9.17) is 15.2 Å². The van der Waals surface area contributed by atoms with E-state index in [-0.39, 0.29) is 13.0 Å². The molecule has 0 fully saturated rings. The summed E-state index contributed by atoms with van der Waals surface area (Å²) in [6.45, 7) is 10.8. The summed E-state index contributed by atoms with van der Waals surface area (Å²) in [7, 11) is 0. The van der Waals surface area contributed by atoms with Crippen LogP contribution in [-0.2, 0) is 14.3 Å². The Balaban J connectivity index is 4.29. The van der Waals surface area contributed by atoms with Gasteiger partial charge in [0.05, 0.1) is 12.5 Å².